The number of nitrogens with zero attached hydrogens (tertiary/aromatic N) is 2. The molecule has 0 aliphatic heterocycles. The maximum absolute atomic E-state index is 12.2. The molecule has 1 amide bonds. The Bertz CT molecular complexity index is 858. The second-order valence-corrected chi connectivity index (χ2v) is 6.07. The minimum absolute atomic E-state index is 0.189. The molecule has 0 bridgehead atoms. The minimum Gasteiger partial charge on any atom is -0.481 e. The first kappa shape index (κ1) is 16.3. The molecule has 0 saturated carbocycles. The summed E-state index contributed by atoms with van der Waals surface area (Å²) in [4.78, 5) is 16.6. The molecule has 2 heterocycles. The van der Waals surface area contributed by atoms with Crippen molar-refractivity contribution in [3.8, 4) is 5.75 Å². The van der Waals surface area contributed by atoms with Crippen LogP contribution in [0.5, 0.6) is 5.75 Å². The van der Waals surface area contributed by atoms with E-state index >= 15 is 0 Å². The van der Waals surface area contributed by atoms with Crippen molar-refractivity contribution in [2.24, 2.45) is 0 Å². The molecule has 0 fully saturated rings. The minimum atomic E-state index is -0.584. The molecular formula is C18H18ClN3O2. The number of fused-ring (bicyclic) bond motifs is 1. The maximum atomic E-state index is 12.2. The lowest BCUT2D eigenvalue weighted by molar-refractivity contribution is -0.127. The van der Waals surface area contributed by atoms with Gasteiger partial charge in [-0.2, -0.15) is 0 Å². The van der Waals surface area contributed by atoms with E-state index in [-0.39, 0.29) is 5.91 Å². The number of imidazole rings is 1. The van der Waals surface area contributed by atoms with Crippen LogP contribution >= 0.6 is 11.6 Å². The molecule has 0 saturated heterocycles. The highest BCUT2D eigenvalue weighted by molar-refractivity contribution is 6.30. The van der Waals surface area contributed by atoms with E-state index in [0.29, 0.717) is 17.3 Å². The number of ether oxygens (including phenoxy) is 1. The molecule has 0 spiro atoms. The van der Waals surface area contributed by atoms with Crippen LogP contribution < -0.4 is 10.1 Å². The molecule has 1 unspecified atom stereocenters. The van der Waals surface area contributed by atoms with Crippen LogP contribution in [-0.2, 0) is 11.3 Å². The fourth-order valence-electron chi connectivity index (χ4n) is 2.30. The fraction of sp³-hybridized carbons (Fsp3) is 0.222. The summed E-state index contributed by atoms with van der Waals surface area (Å²) in [5.41, 5.74) is 2.69. The molecule has 1 aromatic carbocycles. The summed E-state index contributed by atoms with van der Waals surface area (Å²) in [7, 11) is 0. The molecule has 0 aliphatic rings. The van der Waals surface area contributed by atoms with Crippen molar-refractivity contribution in [2.45, 2.75) is 26.5 Å². The average molecular weight is 344 g/mol. The molecule has 1 atom stereocenters. The van der Waals surface area contributed by atoms with Crippen LogP contribution in [-0.4, -0.2) is 21.4 Å². The first-order chi connectivity index (χ1) is 11.5. The van der Waals surface area contributed by atoms with Crippen molar-refractivity contribution >= 4 is 23.2 Å². The van der Waals surface area contributed by atoms with Gasteiger partial charge in [-0.15, -0.1) is 0 Å². The molecule has 5 nitrogen and oxygen atoms in total. The van der Waals surface area contributed by atoms with Gasteiger partial charge in [-0.25, -0.2) is 4.98 Å². The Labute approximate surface area is 145 Å². The third-order valence-electron chi connectivity index (χ3n) is 3.61. The topological polar surface area (TPSA) is 55.6 Å². The van der Waals surface area contributed by atoms with E-state index in [2.05, 4.69) is 10.3 Å². The zero-order valence-corrected chi connectivity index (χ0v) is 14.2. The van der Waals surface area contributed by atoms with Gasteiger partial charge < -0.3 is 14.5 Å². The number of hydrogen-bond donors (Lipinski definition) is 1. The molecular weight excluding hydrogens is 326 g/mol. The zero-order valence-electron chi connectivity index (χ0n) is 13.5. The Kier molecular flexibility index (Phi) is 4.71. The fourth-order valence-corrected chi connectivity index (χ4v) is 2.47. The highest BCUT2D eigenvalue weighted by Crippen LogP contribution is 2.14. The van der Waals surface area contributed by atoms with Crippen molar-refractivity contribution in [1.82, 2.24) is 14.7 Å². The summed E-state index contributed by atoms with van der Waals surface area (Å²) in [6.07, 6.45) is 3.03. The zero-order chi connectivity index (χ0) is 17.1. The van der Waals surface area contributed by atoms with Gasteiger partial charge in [0, 0.05) is 12.4 Å². The normalized spacial score (nSPS) is 12.1. The number of nitrogens with one attached hydrogen (secondary N) is 1. The lowest BCUT2D eigenvalue weighted by Crippen LogP contribution is -2.35. The first-order valence-corrected chi connectivity index (χ1v) is 8.03. The SMILES string of the molecule is Cc1ccc(OC(C)C(=O)NCc2cn3cc(Cl)ccc3n2)cc1. The number of carbonyl (C=O) groups is 1. The summed E-state index contributed by atoms with van der Waals surface area (Å²) in [5.74, 6) is 0.483. The van der Waals surface area contributed by atoms with Crippen molar-refractivity contribution < 1.29 is 9.53 Å². The quantitative estimate of drug-likeness (QED) is 0.772. The molecule has 1 N–H and O–H groups in total. The van der Waals surface area contributed by atoms with Crippen LogP contribution in [0.15, 0.2) is 48.8 Å². The van der Waals surface area contributed by atoms with Gasteiger partial charge in [-0.1, -0.05) is 29.3 Å². The number of benzene rings is 1. The van der Waals surface area contributed by atoms with Gasteiger partial charge in [0.15, 0.2) is 6.10 Å². The Morgan fingerprint density at radius 3 is 2.75 bits per heavy atom. The van der Waals surface area contributed by atoms with E-state index in [1.54, 1.807) is 19.2 Å². The lowest BCUT2D eigenvalue weighted by atomic mass is 10.2. The second-order valence-electron chi connectivity index (χ2n) is 5.64. The molecule has 3 aromatic rings. The van der Waals surface area contributed by atoms with Gasteiger partial charge >= 0.3 is 0 Å². The third kappa shape index (κ3) is 3.86. The molecule has 2 aromatic heterocycles. The number of aryl methyl sites for hydroxylation is 1. The predicted octanol–water partition coefficient (Wildman–Crippen LogP) is 3.38. The highest BCUT2D eigenvalue weighted by Gasteiger charge is 2.15. The number of rotatable bonds is 5. The highest BCUT2D eigenvalue weighted by atomic mass is 35.5. The van der Waals surface area contributed by atoms with Gasteiger partial charge in [0.25, 0.3) is 5.91 Å². The standard InChI is InChI=1S/C18H18ClN3O2/c1-12-3-6-16(7-4-12)24-13(2)18(23)20-9-15-11-22-10-14(19)5-8-17(22)21-15/h3-8,10-11,13H,9H2,1-2H3,(H,20,23). The average Bonchev–Trinajstić information content (AvgIpc) is 2.96. The van der Waals surface area contributed by atoms with Gasteiger partial charge in [-0.05, 0) is 38.1 Å². The number of hydrogen-bond acceptors (Lipinski definition) is 3. The number of aromatic nitrogens is 2. The van der Waals surface area contributed by atoms with Crippen molar-refractivity contribution in [1.29, 1.82) is 0 Å². The molecule has 0 radical (unpaired) electrons. The van der Waals surface area contributed by atoms with Crippen LogP contribution in [0, 0.1) is 6.92 Å². The van der Waals surface area contributed by atoms with Crippen LogP contribution in [0.4, 0.5) is 0 Å². The van der Waals surface area contributed by atoms with Crippen LogP contribution in [0.25, 0.3) is 5.65 Å². The number of halogens is 1. The Balaban J connectivity index is 1.58. The Hall–Kier alpha value is -2.53. The first-order valence-electron chi connectivity index (χ1n) is 7.65. The smallest absolute Gasteiger partial charge is 0.261 e. The summed E-state index contributed by atoms with van der Waals surface area (Å²) in [6, 6.07) is 11.2. The predicted molar refractivity (Wildman–Crippen MR) is 93.3 cm³/mol. The van der Waals surface area contributed by atoms with E-state index in [1.807, 2.05) is 47.9 Å². The summed E-state index contributed by atoms with van der Waals surface area (Å²) < 4.78 is 7.47. The summed E-state index contributed by atoms with van der Waals surface area (Å²) in [5, 5.41) is 3.47. The van der Waals surface area contributed by atoms with Crippen LogP contribution in [0.1, 0.15) is 18.2 Å². The molecule has 0 aliphatic carbocycles. The molecule has 24 heavy (non-hydrogen) atoms. The molecule has 3 rings (SSSR count). The number of amides is 1. The van der Waals surface area contributed by atoms with Crippen LogP contribution in [0.2, 0.25) is 5.02 Å². The Morgan fingerprint density at radius 1 is 1.25 bits per heavy atom. The number of pyridine rings is 1. The van der Waals surface area contributed by atoms with E-state index < -0.39 is 6.10 Å². The summed E-state index contributed by atoms with van der Waals surface area (Å²) in [6.45, 7) is 4.06. The molecule has 124 valence electrons. The van der Waals surface area contributed by atoms with Gasteiger partial charge in [-0.3, -0.25) is 4.79 Å². The van der Waals surface area contributed by atoms with Crippen molar-refractivity contribution in [3.63, 3.8) is 0 Å². The van der Waals surface area contributed by atoms with E-state index in [1.165, 1.54) is 0 Å². The largest absolute Gasteiger partial charge is 0.481 e. The van der Waals surface area contributed by atoms with Crippen LogP contribution in [0.3, 0.4) is 0 Å². The Morgan fingerprint density at radius 2 is 2.00 bits per heavy atom. The van der Waals surface area contributed by atoms with E-state index in [4.69, 9.17) is 16.3 Å². The van der Waals surface area contributed by atoms with Gasteiger partial charge in [0.1, 0.15) is 11.4 Å². The monoisotopic (exact) mass is 343 g/mol. The van der Waals surface area contributed by atoms with Gasteiger partial charge in [0.05, 0.1) is 17.3 Å². The second kappa shape index (κ2) is 6.93. The van der Waals surface area contributed by atoms with Crippen molar-refractivity contribution in [2.75, 3.05) is 0 Å². The van der Waals surface area contributed by atoms with E-state index in [9.17, 15) is 4.79 Å². The molecule has 6 heteroatoms. The summed E-state index contributed by atoms with van der Waals surface area (Å²) >= 11 is 5.95. The van der Waals surface area contributed by atoms with Crippen molar-refractivity contribution in [3.05, 3.63) is 65.1 Å². The number of carbonyl (C=O) groups excluding carboxylic acids is 1. The van der Waals surface area contributed by atoms with E-state index in [0.717, 1.165) is 16.9 Å². The maximum Gasteiger partial charge on any atom is 0.261 e. The van der Waals surface area contributed by atoms with Gasteiger partial charge in [0.2, 0.25) is 0 Å². The lowest BCUT2D eigenvalue weighted by Gasteiger charge is -2.14. The third-order valence-corrected chi connectivity index (χ3v) is 3.84.